The van der Waals surface area contributed by atoms with Crippen molar-refractivity contribution in [3.05, 3.63) is 76.0 Å². The fourth-order valence-corrected chi connectivity index (χ4v) is 4.09. The summed E-state index contributed by atoms with van der Waals surface area (Å²) < 4.78 is 7.11. The predicted molar refractivity (Wildman–Crippen MR) is 98.0 cm³/mol. The van der Waals surface area contributed by atoms with Crippen LogP contribution in [-0.4, -0.2) is 28.3 Å². The zero-order valence-corrected chi connectivity index (χ0v) is 14.4. The van der Waals surface area contributed by atoms with E-state index in [-0.39, 0.29) is 23.3 Å². The summed E-state index contributed by atoms with van der Waals surface area (Å²) in [5, 5.41) is 23.2. The van der Waals surface area contributed by atoms with E-state index in [4.69, 9.17) is 4.74 Å². The zero-order valence-electron chi connectivity index (χ0n) is 14.4. The van der Waals surface area contributed by atoms with Gasteiger partial charge in [-0.15, -0.1) is 0 Å². The van der Waals surface area contributed by atoms with Crippen LogP contribution in [-0.2, 0) is 6.42 Å². The van der Waals surface area contributed by atoms with Gasteiger partial charge in [-0.25, -0.2) is 0 Å². The molecule has 3 atom stereocenters. The molecule has 0 amide bonds. The zero-order chi connectivity index (χ0) is 18.3. The molecule has 3 aromatic rings. The van der Waals surface area contributed by atoms with Crippen LogP contribution in [0.1, 0.15) is 23.4 Å². The molecule has 0 unspecified atom stereocenters. The first kappa shape index (κ1) is 16.6. The van der Waals surface area contributed by atoms with Gasteiger partial charge >= 0.3 is 0 Å². The summed E-state index contributed by atoms with van der Waals surface area (Å²) in [5.74, 6) is 0.158. The van der Waals surface area contributed by atoms with Crippen LogP contribution in [0.4, 0.5) is 0 Å². The molecule has 0 saturated carbocycles. The lowest BCUT2D eigenvalue weighted by atomic mass is 9.86. The number of ether oxygens (including phenoxy) is 1. The monoisotopic (exact) mass is 352 g/mol. The Balaban J connectivity index is 1.77. The molecule has 2 heterocycles. The van der Waals surface area contributed by atoms with E-state index in [0.717, 1.165) is 27.9 Å². The van der Waals surface area contributed by atoms with Gasteiger partial charge in [-0.3, -0.25) is 10.1 Å². The average Bonchev–Trinajstić information content (AvgIpc) is 3.12. The van der Waals surface area contributed by atoms with Crippen LogP contribution in [0.15, 0.2) is 54.6 Å². The number of aliphatic hydroxyl groups excluding tert-OH is 1. The highest BCUT2D eigenvalue weighted by molar-refractivity contribution is 5.83. The fraction of sp³-hybridized carbons (Fsp3) is 0.300. The van der Waals surface area contributed by atoms with Gasteiger partial charge in [0.05, 0.1) is 18.5 Å². The smallest absolute Gasteiger partial charge is 0.212 e. The standard InChI is InChI=1S/C20H20N2O4/c1-26-15-7-8-18-14(10-15)11-19-17(12-21(24)25)16(20(23)22(18)19)9-13-5-3-2-4-6-13/h2-8,10-11,16-17,20,23H,9,12H2,1H3/t16-,17+,20-/m0/s1. The third kappa shape index (κ3) is 2.72. The molecule has 0 bridgehead atoms. The first-order valence-corrected chi connectivity index (χ1v) is 8.61. The quantitative estimate of drug-likeness (QED) is 0.564. The number of aliphatic hydroxyl groups is 1. The van der Waals surface area contributed by atoms with Crippen LogP contribution >= 0.6 is 0 Å². The van der Waals surface area contributed by atoms with Crippen LogP contribution < -0.4 is 4.74 Å². The molecule has 1 aliphatic rings. The molecule has 0 radical (unpaired) electrons. The molecule has 6 nitrogen and oxygen atoms in total. The number of rotatable bonds is 5. The summed E-state index contributed by atoms with van der Waals surface area (Å²) in [6, 6.07) is 17.4. The Kier molecular flexibility index (Phi) is 4.12. The fourth-order valence-electron chi connectivity index (χ4n) is 4.09. The molecule has 2 aromatic carbocycles. The summed E-state index contributed by atoms with van der Waals surface area (Å²) in [6.45, 7) is -0.192. The molecule has 1 N–H and O–H groups in total. The molecule has 4 rings (SSSR count). The van der Waals surface area contributed by atoms with E-state index in [0.29, 0.717) is 6.42 Å². The maximum Gasteiger partial charge on any atom is 0.212 e. The molecule has 26 heavy (non-hydrogen) atoms. The average molecular weight is 352 g/mol. The number of benzene rings is 2. The Labute approximate surface area is 150 Å². The van der Waals surface area contributed by atoms with Gasteiger partial charge in [0.2, 0.25) is 6.54 Å². The number of methoxy groups -OCH3 is 1. The molecule has 0 saturated heterocycles. The number of nitrogens with zero attached hydrogens (tertiary/aromatic N) is 2. The van der Waals surface area contributed by atoms with Crippen molar-refractivity contribution in [2.45, 2.75) is 18.6 Å². The van der Waals surface area contributed by atoms with Gasteiger partial charge in [0.15, 0.2) is 0 Å². The van der Waals surface area contributed by atoms with E-state index in [2.05, 4.69) is 0 Å². The topological polar surface area (TPSA) is 77.5 Å². The van der Waals surface area contributed by atoms with Gasteiger partial charge in [-0.05, 0) is 36.2 Å². The Morgan fingerprint density at radius 2 is 1.96 bits per heavy atom. The Morgan fingerprint density at radius 3 is 2.65 bits per heavy atom. The minimum atomic E-state index is -0.791. The number of nitro groups is 1. The molecule has 1 aromatic heterocycles. The summed E-state index contributed by atoms with van der Waals surface area (Å²) >= 11 is 0. The van der Waals surface area contributed by atoms with E-state index in [1.165, 1.54) is 0 Å². The summed E-state index contributed by atoms with van der Waals surface area (Å²) in [5.41, 5.74) is 2.76. The summed E-state index contributed by atoms with van der Waals surface area (Å²) in [4.78, 5) is 11.0. The Bertz CT molecular complexity index is 951. The highest BCUT2D eigenvalue weighted by Gasteiger charge is 2.43. The van der Waals surface area contributed by atoms with E-state index < -0.39 is 6.23 Å². The van der Waals surface area contributed by atoms with Gasteiger partial charge in [-0.1, -0.05) is 30.3 Å². The van der Waals surface area contributed by atoms with Crippen molar-refractivity contribution in [3.63, 3.8) is 0 Å². The Morgan fingerprint density at radius 1 is 1.19 bits per heavy atom. The number of aromatic nitrogens is 1. The first-order chi connectivity index (χ1) is 12.6. The van der Waals surface area contributed by atoms with E-state index in [1.807, 2.05) is 59.2 Å². The number of hydrogen-bond donors (Lipinski definition) is 1. The number of hydrogen-bond acceptors (Lipinski definition) is 4. The molecule has 0 spiro atoms. The van der Waals surface area contributed by atoms with E-state index in [9.17, 15) is 15.2 Å². The molecular formula is C20H20N2O4. The summed E-state index contributed by atoms with van der Waals surface area (Å²) in [6.07, 6.45) is -0.194. The maximum atomic E-state index is 11.3. The van der Waals surface area contributed by atoms with Crippen LogP contribution in [0, 0.1) is 16.0 Å². The normalized spacial score (nSPS) is 21.7. The van der Waals surface area contributed by atoms with Gasteiger partial charge in [0.1, 0.15) is 12.0 Å². The summed E-state index contributed by atoms with van der Waals surface area (Å²) in [7, 11) is 1.60. The van der Waals surface area contributed by atoms with Crippen molar-refractivity contribution in [1.29, 1.82) is 0 Å². The number of fused-ring (bicyclic) bond motifs is 3. The first-order valence-electron chi connectivity index (χ1n) is 8.61. The predicted octanol–water partition coefficient (Wildman–Crippen LogP) is 3.37. The lowest BCUT2D eigenvalue weighted by molar-refractivity contribution is -0.485. The second-order valence-electron chi connectivity index (χ2n) is 6.75. The largest absolute Gasteiger partial charge is 0.497 e. The second kappa shape index (κ2) is 6.46. The molecule has 1 aliphatic heterocycles. The van der Waals surface area contributed by atoms with E-state index in [1.54, 1.807) is 7.11 Å². The van der Waals surface area contributed by atoms with Gasteiger partial charge in [0.25, 0.3) is 0 Å². The van der Waals surface area contributed by atoms with E-state index >= 15 is 0 Å². The Hall–Kier alpha value is -2.86. The molecule has 6 heteroatoms. The lowest BCUT2D eigenvalue weighted by Gasteiger charge is -2.20. The van der Waals surface area contributed by atoms with Crippen LogP contribution in [0.5, 0.6) is 5.75 Å². The highest BCUT2D eigenvalue weighted by Crippen LogP contribution is 2.46. The SMILES string of the molecule is COc1ccc2c(c1)cc1n2[C@@H](O)[C@@H](Cc2ccccc2)[C@H]1C[N+](=O)[O-]. The molecular weight excluding hydrogens is 332 g/mol. The second-order valence-corrected chi connectivity index (χ2v) is 6.75. The van der Waals surface area contributed by atoms with Crippen LogP contribution in [0.2, 0.25) is 0 Å². The van der Waals surface area contributed by atoms with Crippen molar-refractivity contribution in [2.24, 2.45) is 5.92 Å². The maximum absolute atomic E-state index is 11.3. The van der Waals surface area contributed by atoms with Gasteiger partial charge in [0, 0.05) is 21.9 Å². The third-order valence-electron chi connectivity index (χ3n) is 5.28. The van der Waals surface area contributed by atoms with Crippen LogP contribution in [0.25, 0.3) is 10.9 Å². The van der Waals surface area contributed by atoms with Crippen molar-refractivity contribution in [3.8, 4) is 5.75 Å². The lowest BCUT2D eigenvalue weighted by Crippen LogP contribution is -2.22. The minimum Gasteiger partial charge on any atom is -0.497 e. The molecule has 0 fully saturated rings. The van der Waals surface area contributed by atoms with Gasteiger partial charge in [-0.2, -0.15) is 0 Å². The van der Waals surface area contributed by atoms with Crippen LogP contribution in [0.3, 0.4) is 0 Å². The van der Waals surface area contributed by atoms with Crippen molar-refractivity contribution < 1.29 is 14.8 Å². The van der Waals surface area contributed by atoms with Crippen molar-refractivity contribution >= 4 is 10.9 Å². The highest BCUT2D eigenvalue weighted by atomic mass is 16.6. The van der Waals surface area contributed by atoms with Crippen molar-refractivity contribution in [1.82, 2.24) is 4.57 Å². The minimum absolute atomic E-state index is 0.192. The van der Waals surface area contributed by atoms with Gasteiger partial charge < -0.3 is 14.4 Å². The molecule has 134 valence electrons. The molecule has 0 aliphatic carbocycles. The van der Waals surface area contributed by atoms with Crippen molar-refractivity contribution in [2.75, 3.05) is 13.7 Å². The third-order valence-corrected chi connectivity index (χ3v) is 5.28.